The molecule has 3 aromatic heterocycles. The molecule has 3 rings (SSSR count). The molecule has 0 aliphatic heterocycles. The fraction of sp³-hybridized carbons (Fsp3) is 0.167. The van der Waals surface area contributed by atoms with E-state index in [9.17, 15) is 0 Å². The molecule has 0 aliphatic carbocycles. The Morgan fingerprint density at radius 2 is 1.18 bits per heavy atom. The van der Waals surface area contributed by atoms with Crippen LogP contribution in [0.1, 0.15) is 19.8 Å². The Kier molecular flexibility index (Phi) is 4.05. The van der Waals surface area contributed by atoms with Crippen molar-refractivity contribution >= 4 is 0 Å². The number of hydrogen-bond donors (Lipinski definition) is 0. The van der Waals surface area contributed by atoms with E-state index in [2.05, 4.69) is 19.9 Å². The first-order chi connectivity index (χ1) is 11.7. The van der Waals surface area contributed by atoms with Crippen molar-refractivity contribution in [1.29, 1.82) is 0 Å². The van der Waals surface area contributed by atoms with Gasteiger partial charge in [-0.25, -0.2) is 0 Å². The van der Waals surface area contributed by atoms with Crippen molar-refractivity contribution in [2.24, 2.45) is 0 Å². The highest BCUT2D eigenvalue weighted by molar-refractivity contribution is 5.08. The molecule has 0 aromatic carbocycles. The normalized spacial score (nSPS) is 12.0. The molecule has 4 heteroatoms. The molecule has 0 saturated carbocycles. The van der Waals surface area contributed by atoms with Crippen LogP contribution in [0, 0.1) is 0 Å². The van der Waals surface area contributed by atoms with Gasteiger partial charge in [0.25, 0.3) is 0 Å². The van der Waals surface area contributed by atoms with Crippen molar-refractivity contribution in [3.63, 3.8) is 0 Å². The highest BCUT2D eigenvalue weighted by Crippen LogP contribution is 2.10. The van der Waals surface area contributed by atoms with Gasteiger partial charge in [0, 0.05) is 38.2 Å². The third-order valence-electron chi connectivity index (χ3n) is 3.22. The summed E-state index contributed by atoms with van der Waals surface area (Å²) in [5.41, 5.74) is 2.63. The fourth-order valence-corrected chi connectivity index (χ4v) is 2.24. The molecular formula is C18H18N4. The molecule has 0 spiro atoms. The lowest BCUT2D eigenvalue weighted by atomic mass is 10.2. The van der Waals surface area contributed by atoms with Crippen molar-refractivity contribution in [3.8, 4) is 0 Å². The van der Waals surface area contributed by atoms with Crippen molar-refractivity contribution in [3.05, 3.63) is 90.2 Å². The molecule has 3 aromatic rings. The minimum Gasteiger partial charge on any atom is -0.286 e. The van der Waals surface area contributed by atoms with E-state index in [0.29, 0.717) is 19.6 Å². The molecule has 0 amide bonds. The lowest BCUT2D eigenvalue weighted by molar-refractivity contribution is 0.239. The first-order valence-electron chi connectivity index (χ1n) is 8.16. The van der Waals surface area contributed by atoms with Gasteiger partial charge in [-0.15, -0.1) is 0 Å². The molecule has 0 atom stereocenters. The summed E-state index contributed by atoms with van der Waals surface area (Å²) in [4.78, 5) is 15.1. The van der Waals surface area contributed by atoms with Gasteiger partial charge in [0.2, 0.25) is 0 Å². The SMILES string of the molecule is [2H]c1cccc(CN(Cc2ccccn2)Cc2cccc([2H])n2)n1. The maximum atomic E-state index is 7.67. The Morgan fingerprint density at radius 3 is 1.68 bits per heavy atom. The summed E-state index contributed by atoms with van der Waals surface area (Å²) in [5.74, 6) is 0. The van der Waals surface area contributed by atoms with Crippen LogP contribution in [0.25, 0.3) is 0 Å². The molecule has 0 N–H and O–H groups in total. The Labute approximate surface area is 133 Å². The summed E-state index contributed by atoms with van der Waals surface area (Å²) < 4.78 is 15.3. The van der Waals surface area contributed by atoms with Crippen LogP contribution in [0.2, 0.25) is 0 Å². The zero-order valence-corrected chi connectivity index (χ0v) is 12.2. The molecule has 0 aliphatic rings. The van der Waals surface area contributed by atoms with E-state index in [-0.39, 0.29) is 12.3 Å². The molecule has 4 nitrogen and oxygen atoms in total. The van der Waals surface area contributed by atoms with Crippen molar-refractivity contribution in [2.75, 3.05) is 0 Å². The van der Waals surface area contributed by atoms with Gasteiger partial charge in [0.05, 0.1) is 19.8 Å². The van der Waals surface area contributed by atoms with E-state index in [4.69, 9.17) is 2.74 Å². The second-order valence-corrected chi connectivity index (χ2v) is 4.98. The minimum atomic E-state index is 0.261. The number of rotatable bonds is 6. The molecule has 0 fully saturated rings. The number of hydrogen-bond acceptors (Lipinski definition) is 4. The minimum absolute atomic E-state index is 0.261. The third-order valence-corrected chi connectivity index (χ3v) is 3.22. The topological polar surface area (TPSA) is 41.9 Å². The fourth-order valence-electron chi connectivity index (χ4n) is 2.24. The van der Waals surface area contributed by atoms with Gasteiger partial charge >= 0.3 is 0 Å². The second kappa shape index (κ2) is 7.43. The summed E-state index contributed by atoms with van der Waals surface area (Å²) in [6.07, 6.45) is 2.30. The van der Waals surface area contributed by atoms with Crippen LogP contribution in [0.3, 0.4) is 0 Å². The van der Waals surface area contributed by atoms with Gasteiger partial charge in [-0.05, 0) is 36.4 Å². The van der Waals surface area contributed by atoms with E-state index in [0.717, 1.165) is 17.1 Å². The van der Waals surface area contributed by atoms with E-state index < -0.39 is 0 Å². The summed E-state index contributed by atoms with van der Waals surface area (Å²) in [7, 11) is 0. The van der Waals surface area contributed by atoms with E-state index in [1.165, 1.54) is 0 Å². The Morgan fingerprint density at radius 1 is 0.682 bits per heavy atom. The molecule has 0 saturated heterocycles. The lowest BCUT2D eigenvalue weighted by Gasteiger charge is -2.21. The third kappa shape index (κ3) is 4.20. The smallest absolute Gasteiger partial charge is 0.0840 e. The number of aromatic nitrogens is 3. The molecule has 22 heavy (non-hydrogen) atoms. The maximum Gasteiger partial charge on any atom is 0.0840 e. The van der Waals surface area contributed by atoms with Crippen molar-refractivity contribution in [1.82, 2.24) is 19.9 Å². The van der Waals surface area contributed by atoms with Gasteiger partial charge in [-0.1, -0.05) is 18.2 Å². The molecule has 0 bridgehead atoms. The molecule has 0 unspecified atom stereocenters. The zero-order chi connectivity index (χ0) is 16.8. The van der Waals surface area contributed by atoms with Crippen LogP contribution in [0.15, 0.2) is 73.1 Å². The number of pyridine rings is 3. The Hall–Kier alpha value is -2.59. The van der Waals surface area contributed by atoms with Gasteiger partial charge < -0.3 is 0 Å². The average molecular weight is 292 g/mol. The van der Waals surface area contributed by atoms with Crippen molar-refractivity contribution < 1.29 is 2.74 Å². The van der Waals surface area contributed by atoms with Crippen LogP contribution in [0.5, 0.6) is 0 Å². The summed E-state index contributed by atoms with van der Waals surface area (Å²) in [6, 6.07) is 16.7. The van der Waals surface area contributed by atoms with Crippen LogP contribution in [-0.4, -0.2) is 19.9 Å². The largest absolute Gasteiger partial charge is 0.286 e. The second-order valence-electron chi connectivity index (χ2n) is 4.98. The van der Waals surface area contributed by atoms with Crippen LogP contribution in [-0.2, 0) is 19.6 Å². The zero-order valence-electron chi connectivity index (χ0n) is 14.2. The summed E-state index contributed by atoms with van der Waals surface area (Å²) in [6.45, 7) is 1.83. The van der Waals surface area contributed by atoms with Gasteiger partial charge in [-0.2, -0.15) is 0 Å². The maximum absolute atomic E-state index is 7.67. The molecule has 3 heterocycles. The molecular weight excluding hydrogens is 272 g/mol. The van der Waals surface area contributed by atoms with Gasteiger partial charge in [-0.3, -0.25) is 19.9 Å². The first kappa shape index (κ1) is 12.0. The highest BCUT2D eigenvalue weighted by atomic mass is 15.1. The predicted molar refractivity (Wildman–Crippen MR) is 85.7 cm³/mol. The van der Waals surface area contributed by atoms with Crippen molar-refractivity contribution in [2.45, 2.75) is 19.6 Å². The van der Waals surface area contributed by atoms with Gasteiger partial charge in [0.1, 0.15) is 0 Å². The number of nitrogens with zero attached hydrogens (tertiary/aromatic N) is 4. The first-order valence-corrected chi connectivity index (χ1v) is 7.16. The van der Waals surface area contributed by atoms with Gasteiger partial charge in [0.15, 0.2) is 0 Å². The monoisotopic (exact) mass is 292 g/mol. The van der Waals surface area contributed by atoms with E-state index in [1.54, 1.807) is 18.3 Å². The lowest BCUT2D eigenvalue weighted by Crippen LogP contribution is -2.23. The molecule has 110 valence electrons. The van der Waals surface area contributed by atoms with E-state index in [1.807, 2.05) is 42.5 Å². The quantitative estimate of drug-likeness (QED) is 0.700. The van der Waals surface area contributed by atoms with E-state index >= 15 is 0 Å². The van der Waals surface area contributed by atoms with Crippen LogP contribution in [0.4, 0.5) is 0 Å². The van der Waals surface area contributed by atoms with Crippen LogP contribution >= 0.6 is 0 Å². The van der Waals surface area contributed by atoms with Crippen LogP contribution < -0.4 is 0 Å². The standard InChI is InChI=1S/C18H18N4/c1-4-10-19-16(7-1)13-22(14-17-8-2-5-11-20-17)15-18-9-3-6-12-21-18/h1-12H,13-15H2/i10D,11D. The Bertz CT molecular complexity index is 748. The highest BCUT2D eigenvalue weighted by Gasteiger charge is 2.10. The Balaban J connectivity index is 1.80. The average Bonchev–Trinajstić information content (AvgIpc) is 2.56. The predicted octanol–water partition coefficient (Wildman–Crippen LogP) is 3.07. The summed E-state index contributed by atoms with van der Waals surface area (Å²) in [5, 5.41) is 0. The summed E-state index contributed by atoms with van der Waals surface area (Å²) >= 11 is 0. The molecule has 0 radical (unpaired) electrons.